The molecule has 4 N–H and O–H groups in total. The molecule has 0 radical (unpaired) electrons. The van der Waals surface area contributed by atoms with Gasteiger partial charge in [0.25, 0.3) is 5.91 Å². The Labute approximate surface area is 174 Å². The van der Waals surface area contributed by atoms with Gasteiger partial charge in [0.2, 0.25) is 0 Å². The normalized spacial score (nSPS) is 24.9. The van der Waals surface area contributed by atoms with Crippen LogP contribution in [0.3, 0.4) is 0 Å². The number of rotatable bonds is 4. The van der Waals surface area contributed by atoms with E-state index < -0.39 is 0 Å². The topological polar surface area (TPSA) is 101 Å². The van der Waals surface area contributed by atoms with Crippen LogP contribution in [-0.4, -0.2) is 27.1 Å². The van der Waals surface area contributed by atoms with E-state index >= 15 is 0 Å². The summed E-state index contributed by atoms with van der Waals surface area (Å²) in [7, 11) is 0. The zero-order valence-electron chi connectivity index (χ0n) is 16.4. The van der Waals surface area contributed by atoms with Crippen molar-refractivity contribution in [1.29, 1.82) is 0 Å². The Balaban J connectivity index is 1.84. The zero-order chi connectivity index (χ0) is 20.4. The molecule has 1 aliphatic carbocycles. The molecular weight excluding hydrogens is 420 g/mol. The lowest BCUT2D eigenvalue weighted by Crippen LogP contribution is -2.37. The summed E-state index contributed by atoms with van der Waals surface area (Å²) < 4.78 is 0.544. The van der Waals surface area contributed by atoms with Gasteiger partial charge in [-0.1, -0.05) is 20.8 Å². The van der Waals surface area contributed by atoms with Crippen LogP contribution in [0.2, 0.25) is 0 Å². The molecule has 7 heteroatoms. The Hall–Kier alpha value is -1.99. The fourth-order valence-corrected chi connectivity index (χ4v) is 4.87. The third kappa shape index (κ3) is 4.36. The predicted molar refractivity (Wildman–Crippen MR) is 114 cm³/mol. The van der Waals surface area contributed by atoms with Gasteiger partial charge in [-0.3, -0.25) is 9.78 Å². The first kappa shape index (κ1) is 20.7. The van der Waals surface area contributed by atoms with Crippen LogP contribution in [0, 0.1) is 17.8 Å². The third-order valence-corrected chi connectivity index (χ3v) is 6.15. The number of amides is 1. The first-order valence-electron chi connectivity index (χ1n) is 9.63. The van der Waals surface area contributed by atoms with Crippen LogP contribution < -0.4 is 11.1 Å². The number of nitrogens with zero attached hydrogens (tertiary/aromatic N) is 2. The van der Waals surface area contributed by atoms with Crippen molar-refractivity contribution in [3.63, 3.8) is 0 Å². The molecule has 0 saturated heterocycles. The molecule has 2 aromatic rings. The minimum atomic E-state index is -0.377. The number of carbonyl (C=O) groups is 1. The summed E-state index contributed by atoms with van der Waals surface area (Å²) in [6, 6.07) is 5.26. The molecule has 2 heterocycles. The predicted octanol–water partition coefficient (Wildman–Crippen LogP) is 4.22. The Morgan fingerprint density at radius 2 is 2.07 bits per heavy atom. The molecule has 4 atom stereocenters. The SMILES string of the molecule is CC(C)C1C(C)CC(c2ccncc2NC(=O)c2nc(Br)ccc2N)CC1O. The molecular formula is C21H27BrN4O2. The molecule has 1 amide bonds. The summed E-state index contributed by atoms with van der Waals surface area (Å²) in [5.41, 5.74) is 8.02. The lowest BCUT2D eigenvalue weighted by atomic mass is 9.67. The molecule has 0 aromatic carbocycles. The molecule has 6 nitrogen and oxygen atoms in total. The summed E-state index contributed by atoms with van der Waals surface area (Å²) in [4.78, 5) is 21.1. The highest BCUT2D eigenvalue weighted by atomic mass is 79.9. The fraction of sp³-hybridized carbons (Fsp3) is 0.476. The van der Waals surface area contributed by atoms with E-state index in [4.69, 9.17) is 5.73 Å². The van der Waals surface area contributed by atoms with E-state index in [9.17, 15) is 9.90 Å². The van der Waals surface area contributed by atoms with Gasteiger partial charge in [0.05, 0.1) is 23.7 Å². The number of hydrogen-bond acceptors (Lipinski definition) is 5. The van der Waals surface area contributed by atoms with Crippen molar-refractivity contribution in [3.8, 4) is 0 Å². The summed E-state index contributed by atoms with van der Waals surface area (Å²) >= 11 is 3.27. The maximum Gasteiger partial charge on any atom is 0.276 e. The maximum atomic E-state index is 12.7. The molecule has 0 aliphatic heterocycles. The quantitative estimate of drug-likeness (QED) is 0.610. The number of nitrogens with one attached hydrogen (secondary N) is 1. The van der Waals surface area contributed by atoms with E-state index in [-0.39, 0.29) is 23.6 Å². The van der Waals surface area contributed by atoms with Crippen LogP contribution in [0.1, 0.15) is 55.6 Å². The van der Waals surface area contributed by atoms with Gasteiger partial charge in [0.15, 0.2) is 5.69 Å². The van der Waals surface area contributed by atoms with E-state index in [0.29, 0.717) is 40.2 Å². The first-order valence-corrected chi connectivity index (χ1v) is 10.4. The molecule has 150 valence electrons. The van der Waals surface area contributed by atoms with Crippen molar-refractivity contribution in [2.45, 2.75) is 45.6 Å². The van der Waals surface area contributed by atoms with Gasteiger partial charge in [0, 0.05) is 6.20 Å². The second-order valence-corrected chi connectivity index (χ2v) is 8.84. The van der Waals surface area contributed by atoms with Crippen LogP contribution in [0.15, 0.2) is 35.2 Å². The maximum absolute atomic E-state index is 12.7. The van der Waals surface area contributed by atoms with Crippen molar-refractivity contribution in [1.82, 2.24) is 9.97 Å². The standard InChI is InChI=1S/C21H27BrN4O2/c1-11(2)19-12(3)8-13(9-17(19)27)14-6-7-24-10-16(14)25-21(28)20-15(23)4-5-18(22)26-20/h4-7,10-13,17,19,27H,8-9,23H2,1-3H3,(H,25,28). The zero-order valence-corrected chi connectivity index (χ0v) is 18.0. The highest BCUT2D eigenvalue weighted by Crippen LogP contribution is 2.44. The molecule has 1 aliphatic rings. The number of nitrogen functional groups attached to an aromatic ring is 1. The number of aromatic nitrogens is 2. The van der Waals surface area contributed by atoms with Crippen LogP contribution >= 0.6 is 15.9 Å². The minimum Gasteiger partial charge on any atom is -0.397 e. The number of aliphatic hydroxyl groups is 1. The Bertz CT molecular complexity index is 846. The van der Waals surface area contributed by atoms with Crippen molar-refractivity contribution < 1.29 is 9.90 Å². The molecule has 1 saturated carbocycles. The van der Waals surface area contributed by atoms with E-state index in [1.807, 2.05) is 6.07 Å². The number of hydrogen-bond donors (Lipinski definition) is 3. The second kappa shape index (κ2) is 8.57. The first-order chi connectivity index (χ1) is 13.3. The van der Waals surface area contributed by atoms with Crippen LogP contribution in [-0.2, 0) is 0 Å². The number of carbonyl (C=O) groups excluding carboxylic acids is 1. The largest absolute Gasteiger partial charge is 0.397 e. The molecule has 0 spiro atoms. The number of pyridine rings is 2. The summed E-state index contributed by atoms with van der Waals surface area (Å²) in [5.74, 6) is 0.909. The van der Waals surface area contributed by atoms with E-state index in [0.717, 1.165) is 12.0 Å². The fourth-order valence-electron chi connectivity index (χ4n) is 4.56. The smallest absolute Gasteiger partial charge is 0.276 e. The van der Waals surface area contributed by atoms with E-state index in [1.165, 1.54) is 0 Å². The Morgan fingerprint density at radius 1 is 1.32 bits per heavy atom. The van der Waals surface area contributed by atoms with Gasteiger partial charge in [-0.25, -0.2) is 4.98 Å². The van der Waals surface area contributed by atoms with Gasteiger partial charge in [-0.2, -0.15) is 0 Å². The average Bonchev–Trinajstić information content (AvgIpc) is 2.63. The van der Waals surface area contributed by atoms with Gasteiger partial charge >= 0.3 is 0 Å². The van der Waals surface area contributed by atoms with Crippen molar-refractivity contribution in [3.05, 3.63) is 46.5 Å². The number of anilines is 2. The lowest BCUT2D eigenvalue weighted by molar-refractivity contribution is 0.00428. The number of aliphatic hydroxyl groups excluding tert-OH is 1. The third-order valence-electron chi connectivity index (χ3n) is 5.70. The highest BCUT2D eigenvalue weighted by molar-refractivity contribution is 9.10. The van der Waals surface area contributed by atoms with Crippen molar-refractivity contribution in [2.75, 3.05) is 11.1 Å². The van der Waals surface area contributed by atoms with E-state index in [1.54, 1.807) is 24.5 Å². The number of nitrogens with two attached hydrogens (primary N) is 1. The van der Waals surface area contributed by atoms with E-state index in [2.05, 4.69) is 52.0 Å². The Kier molecular flexibility index (Phi) is 6.35. The summed E-state index contributed by atoms with van der Waals surface area (Å²) in [5, 5.41) is 13.6. The van der Waals surface area contributed by atoms with Crippen molar-refractivity contribution >= 4 is 33.2 Å². The molecule has 28 heavy (non-hydrogen) atoms. The van der Waals surface area contributed by atoms with Crippen molar-refractivity contribution in [2.24, 2.45) is 17.8 Å². The minimum absolute atomic E-state index is 0.158. The van der Waals surface area contributed by atoms with Gasteiger partial charge in [0.1, 0.15) is 4.60 Å². The lowest BCUT2D eigenvalue weighted by Gasteiger charge is -2.41. The van der Waals surface area contributed by atoms with Gasteiger partial charge < -0.3 is 16.2 Å². The molecule has 4 unspecified atom stereocenters. The number of halogens is 1. The molecule has 0 bridgehead atoms. The Morgan fingerprint density at radius 3 is 2.75 bits per heavy atom. The average molecular weight is 447 g/mol. The van der Waals surface area contributed by atoms with Crippen LogP contribution in [0.25, 0.3) is 0 Å². The summed E-state index contributed by atoms with van der Waals surface area (Å²) in [6.45, 7) is 6.53. The van der Waals surface area contributed by atoms with Crippen LogP contribution in [0.5, 0.6) is 0 Å². The van der Waals surface area contributed by atoms with Gasteiger partial charge in [-0.15, -0.1) is 0 Å². The van der Waals surface area contributed by atoms with Gasteiger partial charge in [-0.05, 0) is 76.2 Å². The molecule has 3 rings (SSSR count). The highest BCUT2D eigenvalue weighted by Gasteiger charge is 2.37. The monoisotopic (exact) mass is 446 g/mol. The molecule has 2 aromatic heterocycles. The summed E-state index contributed by atoms with van der Waals surface area (Å²) in [6.07, 6.45) is 4.66. The van der Waals surface area contributed by atoms with Crippen LogP contribution in [0.4, 0.5) is 11.4 Å². The second-order valence-electron chi connectivity index (χ2n) is 8.02. The molecule has 1 fully saturated rings.